The number of nitrogens with two attached hydrogens (primary N) is 1. The number of carbonyl (C=O) groups is 1. The van der Waals surface area contributed by atoms with Crippen LogP contribution in [-0.2, 0) is 0 Å². The second-order valence-corrected chi connectivity index (χ2v) is 6.14. The molecule has 2 aromatic carbocycles. The minimum absolute atomic E-state index is 0.0363. The Morgan fingerprint density at radius 1 is 1.22 bits per heavy atom. The van der Waals surface area contributed by atoms with E-state index in [9.17, 15) is 4.79 Å². The zero-order chi connectivity index (χ0) is 16.4. The van der Waals surface area contributed by atoms with Crippen LogP contribution in [-0.4, -0.2) is 13.0 Å². The molecule has 1 saturated carbocycles. The molecular formula is C19H22N2O2. The molecule has 2 aromatic rings. The molecule has 1 amide bonds. The minimum atomic E-state index is -0.0671. The highest BCUT2D eigenvalue weighted by Crippen LogP contribution is 2.41. The van der Waals surface area contributed by atoms with Gasteiger partial charge in [-0.2, -0.15) is 0 Å². The lowest BCUT2D eigenvalue weighted by atomic mass is 10.0. The van der Waals surface area contributed by atoms with Crippen LogP contribution in [0, 0.1) is 12.8 Å². The third-order valence-electron chi connectivity index (χ3n) is 4.36. The van der Waals surface area contributed by atoms with Gasteiger partial charge in [-0.05, 0) is 61.1 Å². The van der Waals surface area contributed by atoms with E-state index in [1.165, 1.54) is 0 Å². The Hall–Kier alpha value is -2.49. The number of aryl methyl sites for hydroxylation is 1. The fraction of sp³-hybridized carbons (Fsp3) is 0.316. The largest absolute Gasteiger partial charge is 0.497 e. The average molecular weight is 310 g/mol. The van der Waals surface area contributed by atoms with Crippen molar-refractivity contribution < 1.29 is 9.53 Å². The summed E-state index contributed by atoms with van der Waals surface area (Å²) in [7, 11) is 1.65. The summed E-state index contributed by atoms with van der Waals surface area (Å²) in [5, 5.41) is 3.18. The average Bonchev–Trinajstić information content (AvgIpc) is 3.39. The van der Waals surface area contributed by atoms with Gasteiger partial charge in [0.25, 0.3) is 5.91 Å². The van der Waals surface area contributed by atoms with Crippen LogP contribution in [0.25, 0.3) is 0 Å². The molecule has 3 rings (SSSR count). The first-order chi connectivity index (χ1) is 11.1. The van der Waals surface area contributed by atoms with E-state index in [1.807, 2.05) is 43.3 Å². The molecule has 0 saturated heterocycles. The predicted octanol–water partition coefficient (Wildman–Crippen LogP) is 3.47. The Morgan fingerprint density at radius 2 is 1.91 bits per heavy atom. The molecular weight excluding hydrogens is 288 g/mol. The molecule has 0 heterocycles. The van der Waals surface area contributed by atoms with Crippen LogP contribution in [0.15, 0.2) is 42.5 Å². The number of carbonyl (C=O) groups excluding carboxylic acids is 1. The van der Waals surface area contributed by atoms with Gasteiger partial charge in [0.2, 0.25) is 0 Å². The topological polar surface area (TPSA) is 64.3 Å². The van der Waals surface area contributed by atoms with Crippen molar-refractivity contribution in [1.82, 2.24) is 5.32 Å². The molecule has 1 aliphatic carbocycles. The number of amides is 1. The van der Waals surface area contributed by atoms with Crippen LogP contribution in [0.1, 0.15) is 40.4 Å². The van der Waals surface area contributed by atoms with Gasteiger partial charge in [-0.25, -0.2) is 0 Å². The van der Waals surface area contributed by atoms with E-state index in [1.54, 1.807) is 13.2 Å². The first-order valence-corrected chi connectivity index (χ1v) is 7.89. The lowest BCUT2D eigenvalue weighted by Crippen LogP contribution is -2.30. The van der Waals surface area contributed by atoms with E-state index >= 15 is 0 Å². The van der Waals surface area contributed by atoms with Crippen molar-refractivity contribution in [3.63, 3.8) is 0 Å². The number of rotatable bonds is 5. The third kappa shape index (κ3) is 3.47. The number of methoxy groups -OCH3 is 1. The highest BCUT2D eigenvalue weighted by molar-refractivity contribution is 5.96. The van der Waals surface area contributed by atoms with E-state index in [0.29, 0.717) is 17.2 Å². The van der Waals surface area contributed by atoms with Crippen LogP contribution < -0.4 is 15.8 Å². The summed E-state index contributed by atoms with van der Waals surface area (Å²) in [6, 6.07) is 13.4. The Morgan fingerprint density at radius 3 is 2.52 bits per heavy atom. The lowest BCUT2D eigenvalue weighted by molar-refractivity contribution is 0.0931. The smallest absolute Gasteiger partial charge is 0.252 e. The van der Waals surface area contributed by atoms with Crippen molar-refractivity contribution in [1.29, 1.82) is 0 Å². The SMILES string of the molecule is COc1ccc(C(NC(=O)c2cc(N)ccc2C)C2CC2)cc1. The summed E-state index contributed by atoms with van der Waals surface area (Å²) in [5.41, 5.74) is 9.11. The Kier molecular flexibility index (Phi) is 4.24. The van der Waals surface area contributed by atoms with Crippen LogP contribution in [0.4, 0.5) is 5.69 Å². The van der Waals surface area contributed by atoms with E-state index in [0.717, 1.165) is 29.7 Å². The number of nitrogens with one attached hydrogen (secondary N) is 1. The fourth-order valence-electron chi connectivity index (χ4n) is 2.82. The summed E-state index contributed by atoms with van der Waals surface area (Å²) >= 11 is 0. The van der Waals surface area contributed by atoms with Crippen molar-refractivity contribution in [3.05, 3.63) is 59.2 Å². The summed E-state index contributed by atoms with van der Waals surface area (Å²) in [4.78, 5) is 12.7. The Labute approximate surface area is 136 Å². The van der Waals surface area contributed by atoms with Gasteiger partial charge < -0.3 is 15.8 Å². The maximum absolute atomic E-state index is 12.7. The van der Waals surface area contributed by atoms with E-state index in [2.05, 4.69) is 5.32 Å². The number of ether oxygens (including phenoxy) is 1. The van der Waals surface area contributed by atoms with Crippen molar-refractivity contribution in [2.24, 2.45) is 5.92 Å². The lowest BCUT2D eigenvalue weighted by Gasteiger charge is -2.20. The van der Waals surface area contributed by atoms with E-state index < -0.39 is 0 Å². The van der Waals surface area contributed by atoms with E-state index in [4.69, 9.17) is 10.5 Å². The van der Waals surface area contributed by atoms with E-state index in [-0.39, 0.29) is 11.9 Å². The fourth-order valence-corrected chi connectivity index (χ4v) is 2.82. The minimum Gasteiger partial charge on any atom is -0.497 e. The standard InChI is InChI=1S/C19H22N2O2/c1-12-3-8-15(20)11-17(12)19(22)21-18(13-4-5-13)14-6-9-16(23-2)10-7-14/h3,6-11,13,18H,4-5,20H2,1-2H3,(H,21,22). The summed E-state index contributed by atoms with van der Waals surface area (Å²) in [5.74, 6) is 1.26. The van der Waals surface area contributed by atoms with Gasteiger partial charge in [-0.15, -0.1) is 0 Å². The maximum atomic E-state index is 12.7. The van der Waals surface area contributed by atoms with Gasteiger partial charge >= 0.3 is 0 Å². The summed E-state index contributed by atoms with van der Waals surface area (Å²) in [6.45, 7) is 1.92. The molecule has 1 fully saturated rings. The van der Waals surface area contributed by atoms with Gasteiger partial charge in [0.1, 0.15) is 5.75 Å². The van der Waals surface area contributed by atoms with Crippen molar-refractivity contribution >= 4 is 11.6 Å². The molecule has 0 aliphatic heterocycles. The molecule has 1 aliphatic rings. The number of hydrogen-bond acceptors (Lipinski definition) is 3. The first-order valence-electron chi connectivity index (χ1n) is 7.89. The molecule has 0 bridgehead atoms. The number of hydrogen-bond donors (Lipinski definition) is 2. The van der Waals surface area contributed by atoms with Crippen LogP contribution >= 0.6 is 0 Å². The molecule has 0 spiro atoms. The molecule has 4 nitrogen and oxygen atoms in total. The molecule has 23 heavy (non-hydrogen) atoms. The monoisotopic (exact) mass is 310 g/mol. The summed E-state index contributed by atoms with van der Waals surface area (Å²) in [6.07, 6.45) is 2.29. The molecule has 0 aromatic heterocycles. The molecule has 1 atom stereocenters. The highest BCUT2D eigenvalue weighted by atomic mass is 16.5. The van der Waals surface area contributed by atoms with Gasteiger partial charge in [0.05, 0.1) is 13.2 Å². The molecule has 120 valence electrons. The maximum Gasteiger partial charge on any atom is 0.252 e. The third-order valence-corrected chi connectivity index (χ3v) is 4.36. The van der Waals surface area contributed by atoms with Crippen molar-refractivity contribution in [3.8, 4) is 5.75 Å². The molecule has 0 radical (unpaired) electrons. The van der Waals surface area contributed by atoms with Gasteiger partial charge in [0.15, 0.2) is 0 Å². The zero-order valence-electron chi connectivity index (χ0n) is 13.5. The number of anilines is 1. The molecule has 4 heteroatoms. The van der Waals surface area contributed by atoms with Gasteiger partial charge in [-0.1, -0.05) is 18.2 Å². The van der Waals surface area contributed by atoms with Crippen LogP contribution in [0.3, 0.4) is 0 Å². The van der Waals surface area contributed by atoms with Gasteiger partial charge in [-0.3, -0.25) is 4.79 Å². The second-order valence-electron chi connectivity index (χ2n) is 6.14. The van der Waals surface area contributed by atoms with Crippen LogP contribution in [0.5, 0.6) is 5.75 Å². The van der Waals surface area contributed by atoms with Crippen molar-refractivity contribution in [2.75, 3.05) is 12.8 Å². The highest BCUT2D eigenvalue weighted by Gasteiger charge is 2.33. The summed E-state index contributed by atoms with van der Waals surface area (Å²) < 4.78 is 5.20. The molecule has 1 unspecified atom stereocenters. The predicted molar refractivity (Wildman–Crippen MR) is 91.5 cm³/mol. The van der Waals surface area contributed by atoms with Gasteiger partial charge in [0, 0.05) is 11.3 Å². The zero-order valence-corrected chi connectivity index (χ0v) is 13.5. The quantitative estimate of drug-likeness (QED) is 0.831. The second kappa shape index (κ2) is 6.32. The number of nitrogen functional groups attached to an aromatic ring is 1. The number of benzene rings is 2. The first kappa shape index (κ1) is 15.4. The Bertz CT molecular complexity index is 706. The Balaban J connectivity index is 1.82. The normalized spacial score (nSPS) is 15.0. The van der Waals surface area contributed by atoms with Crippen molar-refractivity contribution in [2.45, 2.75) is 25.8 Å². The molecule has 3 N–H and O–H groups in total. The van der Waals surface area contributed by atoms with Crippen LogP contribution in [0.2, 0.25) is 0 Å².